The third kappa shape index (κ3) is 4.18. The average Bonchev–Trinajstić information content (AvgIpc) is 2.78. The van der Waals surface area contributed by atoms with Crippen LogP contribution in [0.2, 0.25) is 0 Å². The van der Waals surface area contributed by atoms with Crippen molar-refractivity contribution in [1.29, 1.82) is 0 Å². The maximum absolute atomic E-state index is 12.2. The number of carbonyl (C=O) groups is 4. The highest BCUT2D eigenvalue weighted by atomic mass is 32.2. The molecule has 0 saturated carbocycles. The molecule has 1 aliphatic heterocycles. The van der Waals surface area contributed by atoms with Crippen LogP contribution in [0.15, 0.2) is 29.2 Å². The van der Waals surface area contributed by atoms with E-state index in [1.165, 1.54) is 11.8 Å². The lowest BCUT2D eigenvalue weighted by Gasteiger charge is -2.19. The van der Waals surface area contributed by atoms with E-state index in [4.69, 9.17) is 0 Å². The molecule has 1 atom stereocenters. The number of hydrogen-bond acceptors (Lipinski definition) is 5. The number of rotatable bonds is 7. The second kappa shape index (κ2) is 8.13. The van der Waals surface area contributed by atoms with Gasteiger partial charge in [-0.05, 0) is 25.3 Å². The van der Waals surface area contributed by atoms with Gasteiger partial charge in [-0.2, -0.15) is 0 Å². The first-order valence-electron chi connectivity index (χ1n) is 7.80. The number of amides is 5. The molecule has 1 aliphatic rings. The summed E-state index contributed by atoms with van der Waals surface area (Å²) in [6.07, 6.45) is 1.92. The normalized spacial score (nSPS) is 15.7. The van der Waals surface area contributed by atoms with Gasteiger partial charge in [-0.15, -0.1) is 11.8 Å². The highest BCUT2D eigenvalue weighted by Crippen LogP contribution is 2.24. The molecule has 25 heavy (non-hydrogen) atoms. The van der Waals surface area contributed by atoms with Crippen LogP contribution in [-0.4, -0.2) is 66.6 Å². The zero-order valence-electron chi connectivity index (χ0n) is 14.4. The van der Waals surface area contributed by atoms with E-state index in [1.54, 1.807) is 14.0 Å². The van der Waals surface area contributed by atoms with Gasteiger partial charge in [0.1, 0.15) is 0 Å². The summed E-state index contributed by atoms with van der Waals surface area (Å²) in [5.74, 6) is -1.91. The van der Waals surface area contributed by atoms with Gasteiger partial charge in [-0.1, -0.05) is 12.1 Å². The van der Waals surface area contributed by atoms with E-state index >= 15 is 0 Å². The second-order valence-corrected chi connectivity index (χ2v) is 6.45. The van der Waals surface area contributed by atoms with Gasteiger partial charge in [-0.25, -0.2) is 9.69 Å². The number of nitrogens with one attached hydrogen (secondary N) is 2. The summed E-state index contributed by atoms with van der Waals surface area (Å²) >= 11 is 1.52. The van der Waals surface area contributed by atoms with Crippen molar-refractivity contribution in [1.82, 2.24) is 9.80 Å². The number of quaternary nitrogens is 1. The molecule has 0 radical (unpaired) electrons. The van der Waals surface area contributed by atoms with Crippen LogP contribution in [0.1, 0.15) is 6.92 Å². The number of hydrogen-bond donors (Lipinski definition) is 2. The topological polar surface area (TPSA) is 91.2 Å². The Hall–Kier alpha value is -2.39. The molecule has 0 bridgehead atoms. The van der Waals surface area contributed by atoms with Crippen LogP contribution >= 0.6 is 11.8 Å². The zero-order chi connectivity index (χ0) is 18.6. The monoisotopic (exact) mass is 365 g/mol. The Kier molecular flexibility index (Phi) is 6.16. The van der Waals surface area contributed by atoms with Gasteiger partial charge in [0.2, 0.25) is 0 Å². The molecule has 2 rings (SSSR count). The van der Waals surface area contributed by atoms with Gasteiger partial charge in [0.05, 0.1) is 12.7 Å². The van der Waals surface area contributed by atoms with Crippen molar-refractivity contribution in [2.75, 3.05) is 38.4 Å². The van der Waals surface area contributed by atoms with Crippen LogP contribution < -0.4 is 10.2 Å². The number of benzene rings is 1. The van der Waals surface area contributed by atoms with Crippen LogP contribution in [0, 0.1) is 0 Å². The van der Waals surface area contributed by atoms with E-state index in [1.807, 2.05) is 30.5 Å². The van der Waals surface area contributed by atoms with E-state index in [-0.39, 0.29) is 25.7 Å². The quantitative estimate of drug-likeness (QED) is 0.391. The SMILES string of the molecule is CCN1C(=O)C(=O)N(C[NH+](C)CC(=O)Nc2ccccc2SC)C1=O. The minimum Gasteiger partial charge on any atom is -0.320 e. The molecule has 2 N–H and O–H groups in total. The summed E-state index contributed by atoms with van der Waals surface area (Å²) in [6.45, 7) is 1.78. The Bertz CT molecular complexity index is 709. The van der Waals surface area contributed by atoms with Crippen LogP contribution in [0.5, 0.6) is 0 Å². The summed E-state index contributed by atoms with van der Waals surface area (Å²) in [5.41, 5.74) is 0.716. The van der Waals surface area contributed by atoms with Crippen LogP contribution in [-0.2, 0) is 14.4 Å². The number of nitrogens with zero attached hydrogens (tertiary/aromatic N) is 2. The van der Waals surface area contributed by atoms with E-state index in [0.717, 1.165) is 14.7 Å². The smallest absolute Gasteiger partial charge is 0.320 e. The fourth-order valence-electron chi connectivity index (χ4n) is 2.51. The maximum atomic E-state index is 12.2. The highest BCUT2D eigenvalue weighted by Gasteiger charge is 2.45. The predicted molar refractivity (Wildman–Crippen MR) is 93.1 cm³/mol. The number of imide groups is 2. The van der Waals surface area contributed by atoms with Crippen molar-refractivity contribution in [3.63, 3.8) is 0 Å². The van der Waals surface area contributed by atoms with Crippen molar-refractivity contribution < 1.29 is 24.1 Å². The van der Waals surface area contributed by atoms with E-state index in [2.05, 4.69) is 5.32 Å². The first-order chi connectivity index (χ1) is 11.9. The van der Waals surface area contributed by atoms with Gasteiger partial charge in [-0.3, -0.25) is 19.3 Å². The average molecular weight is 365 g/mol. The lowest BCUT2D eigenvalue weighted by atomic mass is 10.3. The Morgan fingerprint density at radius 2 is 1.80 bits per heavy atom. The molecular weight excluding hydrogens is 344 g/mol. The largest absolute Gasteiger partial charge is 0.338 e. The molecule has 9 heteroatoms. The number of likely N-dealkylation sites (N-methyl/N-ethyl adjacent to an activating group) is 2. The van der Waals surface area contributed by atoms with Crippen molar-refractivity contribution in [2.45, 2.75) is 11.8 Å². The minimum atomic E-state index is -0.848. The van der Waals surface area contributed by atoms with Gasteiger partial charge in [0.25, 0.3) is 5.91 Å². The third-order valence-electron chi connectivity index (χ3n) is 3.72. The molecule has 1 aromatic carbocycles. The molecule has 1 unspecified atom stereocenters. The summed E-state index contributed by atoms with van der Waals surface area (Å²) < 4.78 is 0. The molecule has 1 aromatic rings. The van der Waals surface area contributed by atoms with Gasteiger partial charge < -0.3 is 10.2 Å². The van der Waals surface area contributed by atoms with Crippen molar-refractivity contribution in [3.05, 3.63) is 24.3 Å². The van der Waals surface area contributed by atoms with Gasteiger partial charge in [0.15, 0.2) is 13.2 Å². The summed E-state index contributed by atoms with van der Waals surface area (Å²) in [4.78, 5) is 51.2. The summed E-state index contributed by atoms with van der Waals surface area (Å²) in [6, 6.07) is 6.80. The van der Waals surface area contributed by atoms with Crippen molar-refractivity contribution in [2.24, 2.45) is 0 Å². The molecule has 1 heterocycles. The molecule has 8 nitrogen and oxygen atoms in total. The lowest BCUT2D eigenvalue weighted by molar-refractivity contribution is -0.878. The number of carbonyl (C=O) groups excluding carboxylic acids is 4. The first-order valence-corrected chi connectivity index (χ1v) is 9.03. The Balaban J connectivity index is 1.95. The predicted octanol–water partition coefficient (Wildman–Crippen LogP) is -0.370. The van der Waals surface area contributed by atoms with Crippen LogP contribution in [0.25, 0.3) is 0 Å². The summed E-state index contributed by atoms with van der Waals surface area (Å²) in [5, 5.41) is 2.82. The van der Waals surface area contributed by atoms with E-state index in [9.17, 15) is 19.2 Å². The minimum absolute atomic E-state index is 0.0441. The Morgan fingerprint density at radius 3 is 2.40 bits per heavy atom. The molecule has 0 aliphatic carbocycles. The fraction of sp³-hybridized carbons (Fsp3) is 0.375. The number of anilines is 1. The number of urea groups is 1. The van der Waals surface area contributed by atoms with Gasteiger partial charge >= 0.3 is 17.8 Å². The first kappa shape index (κ1) is 18.9. The molecule has 0 spiro atoms. The second-order valence-electron chi connectivity index (χ2n) is 5.61. The molecule has 0 aromatic heterocycles. The molecule has 1 fully saturated rings. The van der Waals surface area contributed by atoms with E-state index < -0.39 is 17.8 Å². The third-order valence-corrected chi connectivity index (χ3v) is 4.52. The molecular formula is C16H21N4O4S+. The maximum Gasteiger partial charge on any atom is 0.338 e. The number of thioether (sulfide) groups is 1. The van der Waals surface area contributed by atoms with Crippen molar-refractivity contribution in [3.8, 4) is 0 Å². The highest BCUT2D eigenvalue weighted by molar-refractivity contribution is 7.98. The van der Waals surface area contributed by atoms with Crippen molar-refractivity contribution >= 4 is 41.2 Å². The summed E-state index contributed by atoms with van der Waals surface area (Å²) in [7, 11) is 1.68. The fourth-order valence-corrected chi connectivity index (χ4v) is 3.06. The Morgan fingerprint density at radius 1 is 1.16 bits per heavy atom. The standard InChI is InChI=1S/C16H20N4O4S/c1-4-19-14(22)15(23)20(16(19)24)10-18(2)9-13(21)17-11-7-5-6-8-12(11)25-3/h5-8H,4,9-10H2,1-3H3,(H,17,21)/p+1. The number of para-hydroxylation sites is 1. The molecule has 1 saturated heterocycles. The van der Waals surface area contributed by atoms with E-state index in [0.29, 0.717) is 10.6 Å². The zero-order valence-corrected chi connectivity index (χ0v) is 15.2. The van der Waals surface area contributed by atoms with Crippen LogP contribution in [0.3, 0.4) is 0 Å². The molecule has 5 amide bonds. The molecule has 134 valence electrons. The van der Waals surface area contributed by atoms with Gasteiger partial charge in [0, 0.05) is 11.4 Å². The van der Waals surface area contributed by atoms with Crippen LogP contribution in [0.4, 0.5) is 10.5 Å². The Labute approximate surface area is 150 Å². The lowest BCUT2D eigenvalue weighted by Crippen LogP contribution is -3.11.